The third kappa shape index (κ3) is 3.15. The molecule has 0 radical (unpaired) electrons. The van der Waals surface area contributed by atoms with Gasteiger partial charge in [-0.05, 0) is 31.9 Å². The number of para-hydroxylation sites is 1. The van der Waals surface area contributed by atoms with Crippen LogP contribution in [0.3, 0.4) is 0 Å². The average Bonchev–Trinajstić information content (AvgIpc) is 2.70. The number of nitrogens with two attached hydrogens (primary N) is 1. The zero-order chi connectivity index (χ0) is 19.0. The highest BCUT2D eigenvalue weighted by Gasteiger charge is 2.25. The van der Waals surface area contributed by atoms with Gasteiger partial charge in [-0.1, -0.05) is 36.4 Å². The molecular formula is C22H22N2O3. The highest BCUT2D eigenvalue weighted by Crippen LogP contribution is 2.28. The molecule has 1 aromatic heterocycles. The summed E-state index contributed by atoms with van der Waals surface area (Å²) in [5.41, 5.74) is 8.03. The number of nitrogens with zero attached hydrogens (tertiary/aromatic N) is 1. The first-order valence-electron chi connectivity index (χ1n) is 9.23. The standard InChI is InChI=1S/C22H22N2O3/c1-14-19(25)17-10-5-11-18(22(26)24-12-6-9-16(23)13-24)21(17)27-20(14)15-7-3-2-4-8-15/h2-5,7-8,10-11,16H,6,9,12-13,23H2,1H3. The van der Waals surface area contributed by atoms with Crippen molar-refractivity contribution in [3.8, 4) is 11.3 Å². The van der Waals surface area contributed by atoms with Crippen molar-refractivity contribution in [1.29, 1.82) is 0 Å². The second-order valence-electron chi connectivity index (χ2n) is 7.09. The van der Waals surface area contributed by atoms with E-state index >= 15 is 0 Å². The molecule has 1 saturated heterocycles. The van der Waals surface area contributed by atoms with Crippen molar-refractivity contribution in [2.24, 2.45) is 5.73 Å². The Kier molecular flexibility index (Phi) is 4.54. The topological polar surface area (TPSA) is 76.5 Å². The van der Waals surface area contributed by atoms with Crippen LogP contribution in [0.5, 0.6) is 0 Å². The van der Waals surface area contributed by atoms with E-state index in [1.807, 2.05) is 30.3 Å². The van der Waals surface area contributed by atoms with Gasteiger partial charge in [-0.15, -0.1) is 0 Å². The van der Waals surface area contributed by atoms with Crippen LogP contribution in [0.2, 0.25) is 0 Å². The number of piperidine rings is 1. The predicted octanol–water partition coefficient (Wildman–Crippen LogP) is 3.33. The summed E-state index contributed by atoms with van der Waals surface area (Å²) in [6, 6.07) is 14.6. The van der Waals surface area contributed by atoms with Crippen molar-refractivity contribution < 1.29 is 9.21 Å². The maximum absolute atomic E-state index is 13.1. The van der Waals surface area contributed by atoms with Gasteiger partial charge in [0.15, 0.2) is 11.0 Å². The smallest absolute Gasteiger partial charge is 0.257 e. The Bertz CT molecular complexity index is 1060. The highest BCUT2D eigenvalue weighted by molar-refractivity contribution is 6.05. The highest BCUT2D eigenvalue weighted by atomic mass is 16.3. The van der Waals surface area contributed by atoms with E-state index in [4.69, 9.17) is 10.2 Å². The summed E-state index contributed by atoms with van der Waals surface area (Å²) in [6.07, 6.45) is 1.81. The molecule has 2 heterocycles. The number of benzene rings is 2. The molecule has 27 heavy (non-hydrogen) atoms. The molecule has 2 aromatic carbocycles. The van der Waals surface area contributed by atoms with Crippen LogP contribution in [-0.2, 0) is 0 Å². The number of amides is 1. The van der Waals surface area contributed by atoms with Crippen molar-refractivity contribution in [3.05, 3.63) is 69.9 Å². The first-order valence-corrected chi connectivity index (χ1v) is 9.23. The largest absolute Gasteiger partial charge is 0.455 e. The fourth-order valence-electron chi connectivity index (χ4n) is 3.71. The molecule has 0 bridgehead atoms. The molecule has 1 aliphatic heterocycles. The number of carbonyl (C=O) groups is 1. The summed E-state index contributed by atoms with van der Waals surface area (Å²) in [4.78, 5) is 27.8. The van der Waals surface area contributed by atoms with E-state index in [1.165, 1.54) is 0 Å². The third-order valence-electron chi connectivity index (χ3n) is 5.16. The molecule has 138 valence electrons. The van der Waals surface area contributed by atoms with E-state index in [9.17, 15) is 9.59 Å². The molecule has 0 spiro atoms. The molecule has 5 nitrogen and oxygen atoms in total. The second kappa shape index (κ2) is 7.00. The van der Waals surface area contributed by atoms with Crippen molar-refractivity contribution in [2.45, 2.75) is 25.8 Å². The molecule has 4 rings (SSSR count). The quantitative estimate of drug-likeness (QED) is 0.759. The second-order valence-corrected chi connectivity index (χ2v) is 7.09. The molecule has 2 N–H and O–H groups in total. The van der Waals surface area contributed by atoms with Gasteiger partial charge in [-0.25, -0.2) is 0 Å². The minimum absolute atomic E-state index is 0.00758. The molecular weight excluding hydrogens is 340 g/mol. The van der Waals surface area contributed by atoms with Crippen molar-refractivity contribution in [1.82, 2.24) is 4.90 Å². The molecule has 0 aliphatic carbocycles. The Hall–Kier alpha value is -2.92. The van der Waals surface area contributed by atoms with Crippen LogP contribution in [0.4, 0.5) is 0 Å². The van der Waals surface area contributed by atoms with Gasteiger partial charge >= 0.3 is 0 Å². The fourth-order valence-corrected chi connectivity index (χ4v) is 3.71. The van der Waals surface area contributed by atoms with Crippen molar-refractivity contribution in [3.63, 3.8) is 0 Å². The van der Waals surface area contributed by atoms with E-state index in [2.05, 4.69) is 0 Å². The van der Waals surface area contributed by atoms with Crippen LogP contribution >= 0.6 is 0 Å². The first-order chi connectivity index (χ1) is 13.1. The van der Waals surface area contributed by atoms with Gasteiger partial charge in [0, 0.05) is 30.3 Å². The summed E-state index contributed by atoms with van der Waals surface area (Å²) < 4.78 is 6.15. The summed E-state index contributed by atoms with van der Waals surface area (Å²) in [7, 11) is 0. The molecule has 1 amide bonds. The monoisotopic (exact) mass is 362 g/mol. The number of hydrogen-bond donors (Lipinski definition) is 1. The van der Waals surface area contributed by atoms with Gasteiger partial charge in [0.05, 0.1) is 10.9 Å². The van der Waals surface area contributed by atoms with Gasteiger partial charge in [0.25, 0.3) is 5.91 Å². The minimum atomic E-state index is -0.137. The molecule has 1 fully saturated rings. The third-order valence-corrected chi connectivity index (χ3v) is 5.16. The van der Waals surface area contributed by atoms with Crippen molar-refractivity contribution in [2.75, 3.05) is 13.1 Å². The normalized spacial score (nSPS) is 17.3. The Morgan fingerprint density at radius 3 is 2.67 bits per heavy atom. The van der Waals surface area contributed by atoms with Gasteiger partial charge in [0.2, 0.25) is 0 Å². The molecule has 1 unspecified atom stereocenters. The zero-order valence-electron chi connectivity index (χ0n) is 15.3. The molecule has 1 aliphatic rings. The number of likely N-dealkylation sites (tertiary alicyclic amines) is 1. The van der Waals surface area contributed by atoms with Crippen LogP contribution in [0.15, 0.2) is 57.7 Å². The number of rotatable bonds is 2. The number of hydrogen-bond acceptors (Lipinski definition) is 4. The average molecular weight is 362 g/mol. The van der Waals surface area contributed by atoms with E-state index in [1.54, 1.807) is 30.0 Å². The zero-order valence-corrected chi connectivity index (χ0v) is 15.3. The summed E-state index contributed by atoms with van der Waals surface area (Å²) >= 11 is 0. The van der Waals surface area contributed by atoms with Crippen LogP contribution in [0.1, 0.15) is 28.8 Å². The summed E-state index contributed by atoms with van der Waals surface area (Å²) in [5, 5.41) is 0.430. The molecule has 5 heteroatoms. The maximum Gasteiger partial charge on any atom is 0.257 e. The Morgan fingerprint density at radius 1 is 1.15 bits per heavy atom. The van der Waals surface area contributed by atoms with E-state index in [-0.39, 0.29) is 17.4 Å². The van der Waals surface area contributed by atoms with Crippen LogP contribution in [-0.4, -0.2) is 29.9 Å². The van der Waals surface area contributed by atoms with Crippen molar-refractivity contribution >= 4 is 16.9 Å². The maximum atomic E-state index is 13.1. The van der Waals surface area contributed by atoms with E-state index in [0.29, 0.717) is 40.9 Å². The number of carbonyl (C=O) groups excluding carboxylic acids is 1. The lowest BCUT2D eigenvalue weighted by molar-refractivity contribution is 0.0709. The van der Waals surface area contributed by atoms with E-state index in [0.717, 1.165) is 18.4 Å². The van der Waals surface area contributed by atoms with Gasteiger partial charge in [-0.2, -0.15) is 0 Å². The SMILES string of the molecule is Cc1c(-c2ccccc2)oc2c(C(=O)N3CCCC(N)C3)cccc2c1=O. The lowest BCUT2D eigenvalue weighted by atomic mass is 10.0. The fraction of sp³-hybridized carbons (Fsp3) is 0.273. The van der Waals surface area contributed by atoms with E-state index < -0.39 is 0 Å². The molecule has 1 atom stereocenters. The van der Waals surface area contributed by atoms with Gasteiger partial charge in [0.1, 0.15) is 5.76 Å². The Morgan fingerprint density at radius 2 is 1.93 bits per heavy atom. The lowest BCUT2D eigenvalue weighted by Gasteiger charge is -2.30. The van der Waals surface area contributed by atoms with Crippen LogP contribution < -0.4 is 11.2 Å². The lowest BCUT2D eigenvalue weighted by Crippen LogP contribution is -2.45. The van der Waals surface area contributed by atoms with Crippen LogP contribution in [0, 0.1) is 6.92 Å². The first kappa shape index (κ1) is 17.5. The Labute approximate surface area is 157 Å². The predicted molar refractivity (Wildman–Crippen MR) is 106 cm³/mol. The van der Waals surface area contributed by atoms with Crippen LogP contribution in [0.25, 0.3) is 22.3 Å². The summed E-state index contributed by atoms with van der Waals surface area (Å²) in [5.74, 6) is 0.366. The molecule has 3 aromatic rings. The Balaban J connectivity index is 1.88. The summed E-state index contributed by atoms with van der Waals surface area (Å²) in [6.45, 7) is 2.95. The molecule has 0 saturated carbocycles. The van der Waals surface area contributed by atoms with Gasteiger partial charge < -0.3 is 15.1 Å². The van der Waals surface area contributed by atoms with Gasteiger partial charge in [-0.3, -0.25) is 9.59 Å². The minimum Gasteiger partial charge on any atom is -0.455 e. The number of fused-ring (bicyclic) bond motifs is 1.